The van der Waals surface area contributed by atoms with Crippen LogP contribution in [-0.2, 0) is 16.1 Å². The van der Waals surface area contributed by atoms with Gasteiger partial charge in [-0.15, -0.1) is 0 Å². The highest BCUT2D eigenvalue weighted by molar-refractivity contribution is 5.94. The molecule has 23 heavy (non-hydrogen) atoms. The van der Waals surface area contributed by atoms with Crippen molar-refractivity contribution in [2.24, 2.45) is 4.99 Å². The van der Waals surface area contributed by atoms with E-state index in [9.17, 15) is 4.79 Å². The summed E-state index contributed by atoms with van der Waals surface area (Å²) in [5.41, 5.74) is 1.84. The topological polar surface area (TPSA) is 57.2 Å². The molecule has 1 aromatic rings. The van der Waals surface area contributed by atoms with Crippen LogP contribution in [0.15, 0.2) is 29.3 Å². The number of benzene rings is 1. The van der Waals surface area contributed by atoms with Gasteiger partial charge in [-0.3, -0.25) is 4.79 Å². The van der Waals surface area contributed by atoms with Crippen molar-refractivity contribution in [2.75, 3.05) is 40.1 Å². The first-order chi connectivity index (χ1) is 11.0. The van der Waals surface area contributed by atoms with Crippen molar-refractivity contribution in [3.8, 4) is 0 Å². The number of amides is 1. The van der Waals surface area contributed by atoms with Crippen LogP contribution in [-0.4, -0.2) is 62.6 Å². The van der Waals surface area contributed by atoms with Gasteiger partial charge in [0.15, 0.2) is 5.96 Å². The molecule has 0 unspecified atom stereocenters. The van der Waals surface area contributed by atoms with Crippen molar-refractivity contribution in [2.45, 2.75) is 25.5 Å². The summed E-state index contributed by atoms with van der Waals surface area (Å²) < 4.78 is 5.40. The molecule has 1 aliphatic heterocycles. The molecule has 1 aliphatic rings. The molecule has 1 saturated heterocycles. The lowest BCUT2D eigenvalue weighted by molar-refractivity contribution is -0.124. The maximum absolute atomic E-state index is 12.1. The van der Waals surface area contributed by atoms with Crippen LogP contribution in [0.5, 0.6) is 0 Å². The summed E-state index contributed by atoms with van der Waals surface area (Å²) in [6.07, 6.45) is 1.43. The summed E-state index contributed by atoms with van der Waals surface area (Å²) in [6, 6.07) is 7.79. The van der Waals surface area contributed by atoms with Crippen LogP contribution < -0.4 is 5.32 Å². The molecule has 1 atom stereocenters. The Bertz CT molecular complexity index is 553. The number of carbonyl (C=O) groups excluding carboxylic acids is 1. The Morgan fingerprint density at radius 1 is 1.30 bits per heavy atom. The summed E-state index contributed by atoms with van der Waals surface area (Å²) in [4.78, 5) is 20.7. The summed E-state index contributed by atoms with van der Waals surface area (Å²) >= 11 is 0. The summed E-state index contributed by atoms with van der Waals surface area (Å²) in [5, 5.41) is 2.92. The molecule has 1 aromatic carbocycles. The van der Waals surface area contributed by atoms with Gasteiger partial charge in [0.25, 0.3) is 5.91 Å². The van der Waals surface area contributed by atoms with E-state index in [1.807, 2.05) is 62.3 Å². The number of hydrogen-bond acceptors (Lipinski definition) is 3. The number of rotatable bonds is 4. The van der Waals surface area contributed by atoms with E-state index in [1.165, 1.54) is 0 Å². The lowest BCUT2D eigenvalue weighted by Crippen LogP contribution is -2.35. The molecule has 0 aromatic heterocycles. The third-order valence-electron chi connectivity index (χ3n) is 3.62. The van der Waals surface area contributed by atoms with E-state index in [1.54, 1.807) is 0 Å². The van der Waals surface area contributed by atoms with Crippen LogP contribution >= 0.6 is 0 Å². The average molecular weight is 318 g/mol. The van der Waals surface area contributed by atoms with Crippen molar-refractivity contribution in [1.29, 1.82) is 0 Å². The summed E-state index contributed by atoms with van der Waals surface area (Å²) in [5.74, 6) is 0.837. The minimum absolute atomic E-state index is 0.0644. The van der Waals surface area contributed by atoms with Crippen LogP contribution in [0.4, 0.5) is 5.69 Å². The molecule has 0 spiro atoms. The fourth-order valence-corrected chi connectivity index (χ4v) is 2.60. The normalized spacial score (nSPS) is 16.8. The molecule has 1 fully saturated rings. The highest BCUT2D eigenvalue weighted by Crippen LogP contribution is 2.16. The Hall–Kier alpha value is -2.08. The second-order valence-corrected chi connectivity index (χ2v) is 6.10. The van der Waals surface area contributed by atoms with E-state index >= 15 is 0 Å². The zero-order chi connectivity index (χ0) is 16.8. The van der Waals surface area contributed by atoms with E-state index < -0.39 is 0 Å². The average Bonchev–Trinajstić information content (AvgIpc) is 3.01. The molecular formula is C17H26N4O2. The van der Waals surface area contributed by atoms with Gasteiger partial charge in [0.2, 0.25) is 0 Å². The molecule has 1 N–H and O–H groups in total. The third-order valence-corrected chi connectivity index (χ3v) is 3.62. The predicted molar refractivity (Wildman–Crippen MR) is 92.6 cm³/mol. The molecule has 0 saturated carbocycles. The Morgan fingerprint density at radius 3 is 2.65 bits per heavy atom. The molecule has 2 rings (SSSR count). The number of guanidine groups is 1. The van der Waals surface area contributed by atoms with Gasteiger partial charge in [0, 0.05) is 40.5 Å². The smallest absolute Gasteiger partial charge is 0.253 e. The number of hydrogen-bond donors (Lipinski definition) is 1. The van der Waals surface area contributed by atoms with Gasteiger partial charge < -0.3 is 19.9 Å². The molecule has 0 aliphatic carbocycles. The van der Waals surface area contributed by atoms with E-state index in [4.69, 9.17) is 4.74 Å². The molecular weight excluding hydrogens is 292 g/mol. The third kappa shape index (κ3) is 4.96. The molecule has 0 radical (unpaired) electrons. The largest absolute Gasteiger partial charge is 0.368 e. The maximum atomic E-state index is 12.1. The lowest BCUT2D eigenvalue weighted by Gasteiger charge is -2.22. The minimum Gasteiger partial charge on any atom is -0.368 e. The number of ether oxygens (including phenoxy) is 1. The van der Waals surface area contributed by atoms with E-state index in [0.717, 1.165) is 30.1 Å². The number of nitrogens with one attached hydrogen (secondary N) is 1. The fraction of sp³-hybridized carbons (Fsp3) is 0.529. The first-order valence-electron chi connectivity index (χ1n) is 7.88. The van der Waals surface area contributed by atoms with Crippen LogP contribution in [0.1, 0.15) is 18.4 Å². The van der Waals surface area contributed by atoms with E-state index in [0.29, 0.717) is 13.2 Å². The lowest BCUT2D eigenvalue weighted by atomic mass is 10.2. The molecule has 126 valence electrons. The van der Waals surface area contributed by atoms with Crippen molar-refractivity contribution in [1.82, 2.24) is 9.80 Å². The second kappa shape index (κ2) is 7.97. The highest BCUT2D eigenvalue weighted by Gasteiger charge is 2.23. The quantitative estimate of drug-likeness (QED) is 0.679. The first-order valence-corrected chi connectivity index (χ1v) is 7.88. The van der Waals surface area contributed by atoms with Crippen molar-refractivity contribution < 1.29 is 9.53 Å². The van der Waals surface area contributed by atoms with Gasteiger partial charge in [-0.2, -0.15) is 0 Å². The monoisotopic (exact) mass is 318 g/mol. The molecule has 0 bridgehead atoms. The van der Waals surface area contributed by atoms with Crippen molar-refractivity contribution in [3.05, 3.63) is 29.8 Å². The summed E-state index contributed by atoms with van der Waals surface area (Å²) in [6.45, 7) is 1.24. The Kier molecular flexibility index (Phi) is 5.98. The highest BCUT2D eigenvalue weighted by atomic mass is 16.5. The Labute approximate surface area is 138 Å². The number of carbonyl (C=O) groups is 1. The van der Waals surface area contributed by atoms with Crippen molar-refractivity contribution >= 4 is 17.6 Å². The van der Waals surface area contributed by atoms with Crippen LogP contribution in [0, 0.1) is 0 Å². The van der Waals surface area contributed by atoms with E-state index in [2.05, 4.69) is 10.3 Å². The van der Waals surface area contributed by atoms with Gasteiger partial charge in [0.1, 0.15) is 6.10 Å². The van der Waals surface area contributed by atoms with Gasteiger partial charge >= 0.3 is 0 Å². The van der Waals surface area contributed by atoms with Crippen LogP contribution in [0.25, 0.3) is 0 Å². The first kappa shape index (κ1) is 17.3. The number of aliphatic imine (C=N–C) groups is 1. The zero-order valence-electron chi connectivity index (χ0n) is 14.4. The maximum Gasteiger partial charge on any atom is 0.253 e. The van der Waals surface area contributed by atoms with Gasteiger partial charge in [-0.05, 0) is 30.5 Å². The standard InChI is InChI=1S/C17H26N4O2/c1-20(2)17(21(3)4)18-12-13-7-5-8-14(11-13)19-16(22)15-9-6-10-23-15/h5,7-8,11,15H,6,9-10,12H2,1-4H3,(H,19,22)/t15-/m0/s1. The van der Waals surface area contributed by atoms with E-state index in [-0.39, 0.29) is 12.0 Å². The Morgan fingerprint density at radius 2 is 2.04 bits per heavy atom. The van der Waals surface area contributed by atoms with Gasteiger partial charge in [-0.1, -0.05) is 12.1 Å². The SMILES string of the molecule is CN(C)C(=NCc1cccc(NC(=O)[C@@H]2CCCO2)c1)N(C)C. The molecule has 1 amide bonds. The summed E-state index contributed by atoms with van der Waals surface area (Å²) in [7, 11) is 7.88. The molecule has 1 heterocycles. The predicted octanol–water partition coefficient (Wildman–Crippen LogP) is 1.78. The van der Waals surface area contributed by atoms with Gasteiger partial charge in [-0.25, -0.2) is 4.99 Å². The molecule has 6 nitrogen and oxygen atoms in total. The zero-order valence-corrected chi connectivity index (χ0v) is 14.4. The second-order valence-electron chi connectivity index (χ2n) is 6.10. The van der Waals surface area contributed by atoms with Crippen LogP contribution in [0.2, 0.25) is 0 Å². The fourth-order valence-electron chi connectivity index (χ4n) is 2.60. The number of nitrogens with zero attached hydrogens (tertiary/aromatic N) is 3. The van der Waals surface area contributed by atoms with Crippen LogP contribution in [0.3, 0.4) is 0 Å². The Balaban J connectivity index is 2.01. The minimum atomic E-state index is -0.314. The van der Waals surface area contributed by atoms with Gasteiger partial charge in [0.05, 0.1) is 6.54 Å². The number of anilines is 1. The molecule has 6 heteroatoms. The van der Waals surface area contributed by atoms with Crippen molar-refractivity contribution in [3.63, 3.8) is 0 Å².